The summed E-state index contributed by atoms with van der Waals surface area (Å²) in [5.41, 5.74) is 2.75. The maximum atomic E-state index is 6.05. The van der Waals surface area contributed by atoms with Gasteiger partial charge in [0, 0.05) is 16.3 Å². The predicted octanol–water partition coefficient (Wildman–Crippen LogP) is 3.11. The van der Waals surface area contributed by atoms with Crippen LogP contribution in [0.15, 0.2) is 36.7 Å². The molecule has 0 N–H and O–H groups in total. The Bertz CT molecular complexity index is 455. The minimum absolute atomic E-state index is 0.714. The quantitative estimate of drug-likeness (QED) is 0.714. The van der Waals surface area contributed by atoms with Crippen LogP contribution in [0.4, 0.5) is 0 Å². The first-order valence-electron chi connectivity index (χ1n) is 4.31. The van der Waals surface area contributed by atoms with Crippen LogP contribution in [0.3, 0.4) is 0 Å². The number of hydrogen-bond acceptors (Lipinski definition) is 2. The third kappa shape index (κ3) is 1.75. The van der Waals surface area contributed by atoms with E-state index < -0.39 is 0 Å². The van der Waals surface area contributed by atoms with E-state index in [1.807, 2.05) is 37.3 Å². The van der Waals surface area contributed by atoms with Gasteiger partial charge in [-0.25, -0.2) is 9.97 Å². The predicted molar refractivity (Wildman–Crippen MR) is 57.2 cm³/mol. The van der Waals surface area contributed by atoms with E-state index in [9.17, 15) is 0 Å². The fourth-order valence-corrected chi connectivity index (χ4v) is 1.50. The molecule has 0 spiro atoms. The smallest absolute Gasteiger partial charge is 0.116 e. The van der Waals surface area contributed by atoms with Crippen molar-refractivity contribution in [3.05, 3.63) is 47.4 Å². The van der Waals surface area contributed by atoms with Gasteiger partial charge in [-0.2, -0.15) is 0 Å². The molecule has 1 heterocycles. The van der Waals surface area contributed by atoms with Crippen LogP contribution in [0.25, 0.3) is 11.3 Å². The summed E-state index contributed by atoms with van der Waals surface area (Å²) in [4.78, 5) is 8.22. The lowest BCUT2D eigenvalue weighted by Crippen LogP contribution is -1.88. The molecule has 1 aromatic carbocycles. The monoisotopic (exact) mass is 204 g/mol. The average molecular weight is 205 g/mol. The van der Waals surface area contributed by atoms with Crippen LogP contribution in [0, 0.1) is 6.92 Å². The standard InChI is InChI=1S/C11H9ClN2/c1-8-6-11(14-7-13-8)9-4-2-3-5-10(9)12/h2-7H,1H3. The van der Waals surface area contributed by atoms with Gasteiger partial charge in [0.25, 0.3) is 0 Å². The summed E-state index contributed by atoms with van der Waals surface area (Å²) in [5, 5.41) is 0.714. The minimum Gasteiger partial charge on any atom is -0.242 e. The lowest BCUT2D eigenvalue weighted by molar-refractivity contribution is 1.11. The van der Waals surface area contributed by atoms with Crippen molar-refractivity contribution in [2.24, 2.45) is 0 Å². The van der Waals surface area contributed by atoms with Crippen LogP contribution in [0.1, 0.15) is 5.69 Å². The Morgan fingerprint density at radius 1 is 1.14 bits per heavy atom. The van der Waals surface area contributed by atoms with Gasteiger partial charge < -0.3 is 0 Å². The molecule has 0 saturated heterocycles. The van der Waals surface area contributed by atoms with E-state index in [2.05, 4.69) is 9.97 Å². The van der Waals surface area contributed by atoms with Gasteiger partial charge in [-0.3, -0.25) is 0 Å². The fraction of sp³-hybridized carbons (Fsp3) is 0.0909. The zero-order valence-electron chi connectivity index (χ0n) is 7.74. The molecular formula is C11H9ClN2. The molecule has 0 unspecified atom stereocenters. The Balaban J connectivity index is 2.55. The first-order chi connectivity index (χ1) is 6.77. The second kappa shape index (κ2) is 3.76. The van der Waals surface area contributed by atoms with Crippen LogP contribution in [-0.2, 0) is 0 Å². The van der Waals surface area contributed by atoms with E-state index in [1.165, 1.54) is 0 Å². The maximum absolute atomic E-state index is 6.05. The highest BCUT2D eigenvalue weighted by atomic mass is 35.5. The summed E-state index contributed by atoms with van der Waals surface area (Å²) in [6.45, 7) is 1.93. The molecule has 2 aromatic rings. The zero-order valence-corrected chi connectivity index (χ0v) is 8.49. The summed E-state index contributed by atoms with van der Waals surface area (Å²) in [6, 6.07) is 9.57. The molecule has 1 aromatic heterocycles. The van der Waals surface area contributed by atoms with Crippen LogP contribution < -0.4 is 0 Å². The van der Waals surface area contributed by atoms with Crippen LogP contribution in [-0.4, -0.2) is 9.97 Å². The van der Waals surface area contributed by atoms with Gasteiger partial charge in [-0.05, 0) is 19.1 Å². The summed E-state index contributed by atoms with van der Waals surface area (Å²) < 4.78 is 0. The molecule has 0 aliphatic rings. The highest BCUT2D eigenvalue weighted by molar-refractivity contribution is 6.33. The molecule has 14 heavy (non-hydrogen) atoms. The molecule has 70 valence electrons. The second-order valence-electron chi connectivity index (χ2n) is 3.02. The van der Waals surface area contributed by atoms with E-state index in [4.69, 9.17) is 11.6 Å². The van der Waals surface area contributed by atoms with Crippen molar-refractivity contribution in [2.45, 2.75) is 6.92 Å². The summed E-state index contributed by atoms with van der Waals surface area (Å²) in [7, 11) is 0. The van der Waals surface area contributed by atoms with Crippen LogP contribution >= 0.6 is 11.6 Å². The van der Waals surface area contributed by atoms with Gasteiger partial charge >= 0.3 is 0 Å². The summed E-state index contributed by atoms with van der Waals surface area (Å²) >= 11 is 6.05. The first-order valence-corrected chi connectivity index (χ1v) is 4.69. The lowest BCUT2D eigenvalue weighted by Gasteiger charge is -2.02. The average Bonchev–Trinajstić information content (AvgIpc) is 2.18. The van der Waals surface area contributed by atoms with Crippen molar-refractivity contribution in [1.29, 1.82) is 0 Å². The van der Waals surface area contributed by atoms with E-state index >= 15 is 0 Å². The van der Waals surface area contributed by atoms with Crippen molar-refractivity contribution in [3.8, 4) is 11.3 Å². The van der Waals surface area contributed by atoms with E-state index in [0.29, 0.717) is 5.02 Å². The number of rotatable bonds is 1. The van der Waals surface area contributed by atoms with E-state index in [1.54, 1.807) is 6.33 Å². The molecule has 0 amide bonds. The third-order valence-corrected chi connectivity index (χ3v) is 2.28. The number of aromatic nitrogens is 2. The summed E-state index contributed by atoms with van der Waals surface area (Å²) in [5.74, 6) is 0. The molecule has 0 saturated carbocycles. The van der Waals surface area contributed by atoms with Crippen LogP contribution in [0.5, 0.6) is 0 Å². The number of aryl methyl sites for hydroxylation is 1. The summed E-state index contributed by atoms with van der Waals surface area (Å²) in [6.07, 6.45) is 1.55. The normalized spacial score (nSPS) is 10.1. The Kier molecular flexibility index (Phi) is 2.46. The Morgan fingerprint density at radius 2 is 1.93 bits per heavy atom. The molecule has 0 atom stereocenters. The second-order valence-corrected chi connectivity index (χ2v) is 3.43. The van der Waals surface area contributed by atoms with Crippen molar-refractivity contribution >= 4 is 11.6 Å². The molecule has 2 rings (SSSR count). The number of halogens is 1. The van der Waals surface area contributed by atoms with Crippen molar-refractivity contribution in [1.82, 2.24) is 9.97 Å². The molecule has 3 heteroatoms. The molecule has 2 nitrogen and oxygen atoms in total. The minimum atomic E-state index is 0.714. The Labute approximate surface area is 87.6 Å². The number of hydrogen-bond donors (Lipinski definition) is 0. The Morgan fingerprint density at radius 3 is 2.64 bits per heavy atom. The van der Waals surface area contributed by atoms with Gasteiger partial charge in [0.1, 0.15) is 6.33 Å². The van der Waals surface area contributed by atoms with Gasteiger partial charge in [-0.1, -0.05) is 29.8 Å². The van der Waals surface area contributed by atoms with Gasteiger partial charge in [-0.15, -0.1) is 0 Å². The maximum Gasteiger partial charge on any atom is 0.116 e. The topological polar surface area (TPSA) is 25.8 Å². The molecular weight excluding hydrogens is 196 g/mol. The van der Waals surface area contributed by atoms with Crippen molar-refractivity contribution in [3.63, 3.8) is 0 Å². The van der Waals surface area contributed by atoms with Crippen molar-refractivity contribution in [2.75, 3.05) is 0 Å². The van der Waals surface area contributed by atoms with E-state index in [0.717, 1.165) is 17.0 Å². The SMILES string of the molecule is Cc1cc(-c2ccccc2Cl)ncn1. The Hall–Kier alpha value is -1.41. The molecule has 0 aliphatic carbocycles. The molecule has 0 bridgehead atoms. The number of nitrogens with zero attached hydrogens (tertiary/aromatic N) is 2. The first kappa shape index (κ1) is 9.16. The molecule has 0 radical (unpaired) electrons. The van der Waals surface area contributed by atoms with Gasteiger partial charge in [0.2, 0.25) is 0 Å². The molecule has 0 fully saturated rings. The third-order valence-electron chi connectivity index (χ3n) is 1.95. The van der Waals surface area contributed by atoms with Gasteiger partial charge in [0.05, 0.1) is 5.69 Å². The highest BCUT2D eigenvalue weighted by Crippen LogP contribution is 2.25. The zero-order chi connectivity index (χ0) is 9.97. The van der Waals surface area contributed by atoms with E-state index in [-0.39, 0.29) is 0 Å². The van der Waals surface area contributed by atoms with Gasteiger partial charge in [0.15, 0.2) is 0 Å². The molecule has 0 aliphatic heterocycles. The highest BCUT2D eigenvalue weighted by Gasteiger charge is 2.03. The largest absolute Gasteiger partial charge is 0.242 e. The van der Waals surface area contributed by atoms with Crippen LogP contribution in [0.2, 0.25) is 5.02 Å². The number of benzene rings is 1. The fourth-order valence-electron chi connectivity index (χ4n) is 1.27. The van der Waals surface area contributed by atoms with Crippen molar-refractivity contribution < 1.29 is 0 Å². The lowest BCUT2D eigenvalue weighted by atomic mass is 10.1.